The van der Waals surface area contributed by atoms with Gasteiger partial charge in [0.1, 0.15) is 0 Å². The van der Waals surface area contributed by atoms with Crippen LogP contribution < -0.4 is 0 Å². The molecule has 14 heavy (non-hydrogen) atoms. The molecule has 1 atom stereocenters. The fourth-order valence-corrected chi connectivity index (χ4v) is 2.39. The Balaban J connectivity index is 2.91. The molecule has 0 amide bonds. The first-order valence-corrected chi connectivity index (χ1v) is 6.37. The van der Waals surface area contributed by atoms with Gasteiger partial charge in [-0.2, -0.15) is 0 Å². The van der Waals surface area contributed by atoms with Crippen LogP contribution in [0, 0.1) is 5.41 Å². The molecular formula is C13H21Br. The van der Waals surface area contributed by atoms with Crippen LogP contribution in [0.4, 0.5) is 0 Å². The van der Waals surface area contributed by atoms with Crippen molar-refractivity contribution in [1.82, 2.24) is 0 Å². The first-order chi connectivity index (χ1) is 6.43. The Hall–Kier alpha value is -0.0400. The molecule has 0 heterocycles. The summed E-state index contributed by atoms with van der Waals surface area (Å²) in [5.41, 5.74) is 3.50. The zero-order chi connectivity index (χ0) is 10.8. The molecule has 0 bridgehead atoms. The van der Waals surface area contributed by atoms with Gasteiger partial charge in [0.2, 0.25) is 0 Å². The molecule has 0 aromatic rings. The van der Waals surface area contributed by atoms with Gasteiger partial charge in [-0.25, -0.2) is 0 Å². The number of rotatable bonds is 2. The van der Waals surface area contributed by atoms with Crippen LogP contribution in [0.1, 0.15) is 47.0 Å². The summed E-state index contributed by atoms with van der Waals surface area (Å²) in [4.78, 5) is 0.473. The molecule has 0 nitrogen and oxygen atoms in total. The van der Waals surface area contributed by atoms with Crippen molar-refractivity contribution in [2.45, 2.75) is 51.8 Å². The lowest BCUT2D eigenvalue weighted by Crippen LogP contribution is -2.19. The number of hydrogen-bond acceptors (Lipinski definition) is 0. The summed E-state index contributed by atoms with van der Waals surface area (Å²) in [7, 11) is 0. The van der Waals surface area contributed by atoms with Crippen LogP contribution in [0.15, 0.2) is 23.3 Å². The zero-order valence-electron chi connectivity index (χ0n) is 9.73. The highest BCUT2D eigenvalue weighted by Gasteiger charge is 2.26. The molecule has 1 aliphatic carbocycles. The topological polar surface area (TPSA) is 0 Å². The number of hydrogen-bond donors (Lipinski definition) is 0. The van der Waals surface area contributed by atoms with E-state index in [0.717, 1.165) is 0 Å². The van der Waals surface area contributed by atoms with Gasteiger partial charge in [0.15, 0.2) is 0 Å². The maximum Gasteiger partial charge on any atom is 0.0300 e. The van der Waals surface area contributed by atoms with Gasteiger partial charge in [-0.1, -0.05) is 47.5 Å². The molecule has 0 aromatic heterocycles. The third-order valence-corrected chi connectivity index (χ3v) is 3.38. The molecule has 0 fully saturated rings. The van der Waals surface area contributed by atoms with Crippen LogP contribution in [0.2, 0.25) is 0 Å². The second-order valence-corrected chi connectivity index (χ2v) is 6.41. The Morgan fingerprint density at radius 1 is 1.43 bits per heavy atom. The van der Waals surface area contributed by atoms with E-state index < -0.39 is 0 Å². The molecular weight excluding hydrogens is 236 g/mol. The van der Waals surface area contributed by atoms with E-state index in [4.69, 9.17) is 0 Å². The number of halogens is 1. The van der Waals surface area contributed by atoms with E-state index in [1.54, 1.807) is 11.1 Å². The van der Waals surface area contributed by atoms with Crippen molar-refractivity contribution in [2.24, 2.45) is 5.41 Å². The van der Waals surface area contributed by atoms with Gasteiger partial charge in [0.25, 0.3) is 0 Å². The Morgan fingerprint density at radius 3 is 2.57 bits per heavy atom. The smallest absolute Gasteiger partial charge is 0.0300 e. The van der Waals surface area contributed by atoms with Gasteiger partial charge in [-0.05, 0) is 44.1 Å². The van der Waals surface area contributed by atoms with Crippen molar-refractivity contribution in [2.75, 3.05) is 0 Å². The van der Waals surface area contributed by atoms with Crippen molar-refractivity contribution >= 4 is 15.9 Å². The van der Waals surface area contributed by atoms with Gasteiger partial charge in [-0.15, -0.1) is 0 Å². The zero-order valence-corrected chi connectivity index (χ0v) is 11.3. The summed E-state index contributed by atoms with van der Waals surface area (Å²) in [6.07, 6.45) is 8.50. The van der Waals surface area contributed by atoms with Crippen LogP contribution in [0.25, 0.3) is 0 Å². The Morgan fingerprint density at radius 2 is 2.07 bits per heavy atom. The molecule has 0 N–H and O–H groups in total. The lowest BCUT2D eigenvalue weighted by atomic mass is 9.72. The summed E-state index contributed by atoms with van der Waals surface area (Å²) in [5, 5.41) is 0. The highest BCUT2D eigenvalue weighted by atomic mass is 79.9. The monoisotopic (exact) mass is 256 g/mol. The van der Waals surface area contributed by atoms with E-state index >= 15 is 0 Å². The van der Waals surface area contributed by atoms with Crippen LogP contribution in [0.3, 0.4) is 0 Å². The minimum Gasteiger partial charge on any atom is -0.0848 e. The highest BCUT2D eigenvalue weighted by molar-refractivity contribution is 9.09. The Bertz CT molecular complexity index is 256. The van der Waals surface area contributed by atoms with Crippen molar-refractivity contribution in [3.05, 3.63) is 23.3 Å². The van der Waals surface area contributed by atoms with E-state index in [1.807, 2.05) is 0 Å². The number of allylic oxidation sites excluding steroid dienone is 4. The van der Waals surface area contributed by atoms with Crippen LogP contribution >= 0.6 is 15.9 Å². The lowest BCUT2D eigenvalue weighted by molar-refractivity contribution is 0.376. The standard InChI is InChI=1S/C13H21Br/c1-10-6-5-9-13(3,4)12(10)8-7-11(2)14/h7-8,11H,5-6,9H2,1-4H3/b8-7+. The second-order valence-electron chi connectivity index (χ2n) is 4.97. The lowest BCUT2D eigenvalue weighted by Gasteiger charge is -2.33. The van der Waals surface area contributed by atoms with Crippen LogP contribution in [-0.4, -0.2) is 4.83 Å². The molecule has 0 saturated carbocycles. The molecule has 0 aromatic carbocycles. The van der Waals surface area contributed by atoms with E-state index in [1.165, 1.54) is 19.3 Å². The summed E-state index contributed by atoms with van der Waals surface area (Å²) < 4.78 is 0. The summed E-state index contributed by atoms with van der Waals surface area (Å²) in [6.45, 7) is 9.14. The normalized spacial score (nSPS) is 24.4. The first kappa shape index (κ1) is 12.0. The molecule has 1 rings (SSSR count). The predicted molar refractivity (Wildman–Crippen MR) is 67.9 cm³/mol. The van der Waals surface area contributed by atoms with Crippen molar-refractivity contribution in [3.63, 3.8) is 0 Å². The van der Waals surface area contributed by atoms with Crippen molar-refractivity contribution in [3.8, 4) is 0 Å². The molecule has 1 heteroatoms. The average Bonchev–Trinajstić information content (AvgIpc) is 2.01. The van der Waals surface area contributed by atoms with Gasteiger partial charge >= 0.3 is 0 Å². The molecule has 0 radical (unpaired) electrons. The molecule has 80 valence electrons. The SMILES string of the molecule is CC1=C(/C=C/C(C)Br)C(C)(C)CCC1. The highest BCUT2D eigenvalue weighted by Crippen LogP contribution is 2.40. The minimum atomic E-state index is 0.376. The Kier molecular flexibility index (Phi) is 4.00. The van der Waals surface area contributed by atoms with Gasteiger partial charge in [-0.3, -0.25) is 0 Å². The maximum atomic E-state index is 3.55. The summed E-state index contributed by atoms with van der Waals surface area (Å²) in [6, 6.07) is 0. The van der Waals surface area contributed by atoms with Crippen molar-refractivity contribution < 1.29 is 0 Å². The molecule has 0 spiro atoms. The predicted octanol–water partition coefficient (Wildman–Crippen LogP) is 4.85. The third-order valence-electron chi connectivity index (χ3n) is 3.07. The van der Waals surface area contributed by atoms with Gasteiger partial charge in [0, 0.05) is 4.83 Å². The Labute approximate surface area is 96.6 Å². The largest absolute Gasteiger partial charge is 0.0848 e. The van der Waals surface area contributed by atoms with Crippen LogP contribution in [0.5, 0.6) is 0 Å². The summed E-state index contributed by atoms with van der Waals surface area (Å²) >= 11 is 3.55. The first-order valence-electron chi connectivity index (χ1n) is 5.46. The molecule has 1 unspecified atom stereocenters. The van der Waals surface area contributed by atoms with E-state index in [-0.39, 0.29) is 0 Å². The van der Waals surface area contributed by atoms with Gasteiger partial charge < -0.3 is 0 Å². The molecule has 0 aliphatic heterocycles. The van der Waals surface area contributed by atoms with Crippen molar-refractivity contribution in [1.29, 1.82) is 0 Å². The van der Waals surface area contributed by atoms with E-state index in [2.05, 4.69) is 55.8 Å². The molecule has 1 aliphatic rings. The van der Waals surface area contributed by atoms with Gasteiger partial charge in [0.05, 0.1) is 0 Å². The summed E-state index contributed by atoms with van der Waals surface area (Å²) in [5.74, 6) is 0. The maximum absolute atomic E-state index is 3.55. The fraction of sp³-hybridized carbons (Fsp3) is 0.692. The van der Waals surface area contributed by atoms with E-state index in [0.29, 0.717) is 10.2 Å². The number of alkyl halides is 1. The quantitative estimate of drug-likeness (QED) is 0.620. The second kappa shape index (κ2) is 4.65. The minimum absolute atomic E-state index is 0.376. The van der Waals surface area contributed by atoms with E-state index in [9.17, 15) is 0 Å². The van der Waals surface area contributed by atoms with Crippen LogP contribution in [-0.2, 0) is 0 Å². The third kappa shape index (κ3) is 2.98. The fourth-order valence-electron chi connectivity index (χ4n) is 2.24. The molecule has 0 saturated heterocycles. The average molecular weight is 257 g/mol.